The van der Waals surface area contributed by atoms with E-state index >= 15 is 0 Å². The standard InChI is InChI=1S/C24H33BrN4O/c1-15(2)20(22(26-6)28-24(5)10-11-24)21(16(3)4)23(30)29-12-9-17(14-29)19-8-7-18(25)13-27-19/h7-8,13,15,17,28H,6,9-12,14H2,1-5H3/b22-20-. The summed E-state index contributed by atoms with van der Waals surface area (Å²) in [6.45, 7) is 15.7. The number of likely N-dealkylation sites (tertiary alicyclic amines) is 1. The molecule has 2 heterocycles. The summed E-state index contributed by atoms with van der Waals surface area (Å²) >= 11 is 3.44. The van der Waals surface area contributed by atoms with Gasteiger partial charge in [0.25, 0.3) is 5.91 Å². The van der Waals surface area contributed by atoms with Gasteiger partial charge in [-0.2, -0.15) is 0 Å². The normalized spacial score (nSPS) is 20.6. The minimum atomic E-state index is 0.0679. The van der Waals surface area contributed by atoms with Crippen molar-refractivity contribution < 1.29 is 4.79 Å². The predicted molar refractivity (Wildman–Crippen MR) is 126 cm³/mol. The first-order valence-electron chi connectivity index (χ1n) is 10.7. The molecule has 1 saturated carbocycles. The molecule has 1 N–H and O–H groups in total. The van der Waals surface area contributed by atoms with Crippen LogP contribution in [0.5, 0.6) is 0 Å². The minimum absolute atomic E-state index is 0.0679. The van der Waals surface area contributed by atoms with Gasteiger partial charge in [-0.3, -0.25) is 9.78 Å². The van der Waals surface area contributed by atoms with E-state index in [1.54, 1.807) is 0 Å². The Morgan fingerprint density at radius 1 is 1.37 bits per heavy atom. The fraction of sp³-hybridized carbons (Fsp3) is 0.542. The van der Waals surface area contributed by atoms with Gasteiger partial charge >= 0.3 is 0 Å². The first kappa shape index (κ1) is 22.7. The zero-order chi connectivity index (χ0) is 22.1. The lowest BCUT2D eigenvalue weighted by molar-refractivity contribution is -0.126. The maximum absolute atomic E-state index is 13.7. The van der Waals surface area contributed by atoms with E-state index in [0.29, 0.717) is 6.54 Å². The molecule has 1 amide bonds. The quantitative estimate of drug-likeness (QED) is 0.336. The van der Waals surface area contributed by atoms with E-state index in [0.717, 1.165) is 58.5 Å². The Morgan fingerprint density at radius 3 is 2.57 bits per heavy atom. The molecule has 0 spiro atoms. The van der Waals surface area contributed by atoms with Crippen molar-refractivity contribution in [1.82, 2.24) is 15.2 Å². The molecule has 0 radical (unpaired) electrons. The summed E-state index contributed by atoms with van der Waals surface area (Å²) in [5.74, 6) is 1.26. The van der Waals surface area contributed by atoms with Gasteiger partial charge in [0.15, 0.2) is 0 Å². The van der Waals surface area contributed by atoms with E-state index in [9.17, 15) is 4.79 Å². The number of hydrogen-bond acceptors (Lipinski definition) is 4. The van der Waals surface area contributed by atoms with Crippen LogP contribution in [0.1, 0.15) is 65.5 Å². The summed E-state index contributed by atoms with van der Waals surface area (Å²) < 4.78 is 0.969. The monoisotopic (exact) mass is 472 g/mol. The van der Waals surface area contributed by atoms with Crippen LogP contribution in [0, 0.1) is 5.92 Å². The summed E-state index contributed by atoms with van der Waals surface area (Å²) in [6, 6.07) is 4.06. The van der Waals surface area contributed by atoms with Gasteiger partial charge in [0, 0.05) is 52.1 Å². The number of allylic oxidation sites excluding steroid dienone is 1. The van der Waals surface area contributed by atoms with Crippen LogP contribution >= 0.6 is 15.9 Å². The van der Waals surface area contributed by atoms with Crippen molar-refractivity contribution >= 4 is 28.6 Å². The molecule has 5 nitrogen and oxygen atoms in total. The topological polar surface area (TPSA) is 57.6 Å². The van der Waals surface area contributed by atoms with Crippen molar-refractivity contribution in [2.75, 3.05) is 13.1 Å². The lowest BCUT2D eigenvalue weighted by atomic mass is 9.90. The molecule has 162 valence electrons. The number of aromatic nitrogens is 1. The molecule has 1 aliphatic carbocycles. The molecule has 3 rings (SSSR count). The predicted octanol–water partition coefficient (Wildman–Crippen LogP) is 5.21. The summed E-state index contributed by atoms with van der Waals surface area (Å²) in [4.78, 5) is 24.5. The molecule has 1 atom stereocenters. The molecule has 2 aliphatic rings. The van der Waals surface area contributed by atoms with Gasteiger partial charge in [-0.25, -0.2) is 4.99 Å². The van der Waals surface area contributed by atoms with Crippen LogP contribution in [0.25, 0.3) is 0 Å². The van der Waals surface area contributed by atoms with Gasteiger partial charge < -0.3 is 10.2 Å². The van der Waals surface area contributed by atoms with Crippen molar-refractivity contribution in [2.45, 2.75) is 65.3 Å². The van der Waals surface area contributed by atoms with Crippen LogP contribution in [0.3, 0.4) is 0 Å². The minimum Gasteiger partial charge on any atom is -0.365 e. The second-order valence-corrected chi connectivity index (χ2v) is 10.2. The van der Waals surface area contributed by atoms with E-state index in [1.807, 2.05) is 37.1 Å². The van der Waals surface area contributed by atoms with Crippen LogP contribution in [-0.4, -0.2) is 41.1 Å². The summed E-state index contributed by atoms with van der Waals surface area (Å²) in [6.07, 6.45) is 4.99. The van der Waals surface area contributed by atoms with Crippen molar-refractivity contribution in [3.05, 3.63) is 51.0 Å². The molecule has 1 aliphatic heterocycles. The average Bonchev–Trinajstić information content (AvgIpc) is 3.22. The number of rotatable bonds is 7. The van der Waals surface area contributed by atoms with Gasteiger partial charge in [0.2, 0.25) is 0 Å². The van der Waals surface area contributed by atoms with Gasteiger partial charge in [-0.1, -0.05) is 19.4 Å². The highest BCUT2D eigenvalue weighted by atomic mass is 79.9. The number of halogens is 1. The molecule has 1 saturated heterocycles. The Hall–Kier alpha value is -1.95. The molecule has 6 heteroatoms. The summed E-state index contributed by atoms with van der Waals surface area (Å²) in [7, 11) is 0. The zero-order valence-electron chi connectivity index (χ0n) is 18.8. The first-order chi connectivity index (χ1) is 14.1. The number of nitrogens with zero attached hydrogens (tertiary/aromatic N) is 3. The van der Waals surface area contributed by atoms with E-state index < -0.39 is 0 Å². The van der Waals surface area contributed by atoms with Crippen LogP contribution < -0.4 is 5.32 Å². The Balaban J connectivity index is 1.88. The Labute approximate surface area is 188 Å². The fourth-order valence-corrected chi connectivity index (χ4v) is 4.28. The van der Waals surface area contributed by atoms with E-state index in [1.165, 1.54) is 0 Å². The average molecular weight is 473 g/mol. The number of pyridine rings is 1. The second-order valence-electron chi connectivity index (χ2n) is 9.27. The molecule has 0 aromatic carbocycles. The highest BCUT2D eigenvalue weighted by Gasteiger charge is 2.39. The number of nitrogens with one attached hydrogen (secondary N) is 1. The highest BCUT2D eigenvalue weighted by molar-refractivity contribution is 9.10. The van der Waals surface area contributed by atoms with Crippen LogP contribution in [0.2, 0.25) is 0 Å². The third kappa shape index (κ3) is 5.02. The van der Waals surface area contributed by atoms with Crippen molar-refractivity contribution in [3.8, 4) is 0 Å². The highest BCUT2D eigenvalue weighted by Crippen LogP contribution is 2.38. The maximum Gasteiger partial charge on any atom is 0.254 e. The Kier molecular flexibility index (Phi) is 6.85. The molecular weight excluding hydrogens is 440 g/mol. The van der Waals surface area contributed by atoms with Crippen molar-refractivity contribution in [2.24, 2.45) is 10.9 Å². The van der Waals surface area contributed by atoms with Crippen LogP contribution in [0.15, 0.2) is 50.3 Å². The SMILES string of the molecule is C=N/C(NC1(C)CC1)=C(/C(C(=O)N1CCC(c2ccc(Br)cn2)C1)=C(C)C)C(C)C. The molecule has 1 aromatic rings. The van der Waals surface area contributed by atoms with Gasteiger partial charge in [0.1, 0.15) is 5.82 Å². The van der Waals surface area contributed by atoms with Crippen molar-refractivity contribution in [1.29, 1.82) is 0 Å². The van der Waals surface area contributed by atoms with E-state index in [4.69, 9.17) is 0 Å². The fourth-order valence-electron chi connectivity index (χ4n) is 4.04. The lowest BCUT2D eigenvalue weighted by Crippen LogP contribution is -2.34. The molecule has 30 heavy (non-hydrogen) atoms. The third-order valence-corrected chi connectivity index (χ3v) is 6.51. The van der Waals surface area contributed by atoms with Crippen LogP contribution in [0.4, 0.5) is 0 Å². The van der Waals surface area contributed by atoms with E-state index in [2.05, 4.69) is 58.7 Å². The van der Waals surface area contributed by atoms with E-state index in [-0.39, 0.29) is 23.3 Å². The molecule has 2 fully saturated rings. The zero-order valence-corrected chi connectivity index (χ0v) is 20.3. The molecule has 1 aromatic heterocycles. The van der Waals surface area contributed by atoms with Crippen LogP contribution in [-0.2, 0) is 4.79 Å². The largest absolute Gasteiger partial charge is 0.365 e. The second kappa shape index (κ2) is 9.04. The summed E-state index contributed by atoms with van der Waals surface area (Å²) in [5.41, 5.74) is 3.86. The smallest absolute Gasteiger partial charge is 0.254 e. The number of carbonyl (C=O) groups excluding carboxylic acids is 1. The Morgan fingerprint density at radius 2 is 2.07 bits per heavy atom. The third-order valence-electron chi connectivity index (χ3n) is 6.04. The molecular formula is C24H33BrN4O. The van der Waals surface area contributed by atoms with Gasteiger partial charge in [-0.15, -0.1) is 0 Å². The summed E-state index contributed by atoms with van der Waals surface area (Å²) in [5, 5.41) is 3.55. The number of carbonyl (C=O) groups is 1. The maximum atomic E-state index is 13.7. The number of aliphatic imine (C=N–C) groups is 1. The van der Waals surface area contributed by atoms with Crippen molar-refractivity contribution in [3.63, 3.8) is 0 Å². The number of amides is 1. The lowest BCUT2D eigenvalue weighted by Gasteiger charge is -2.26. The Bertz CT molecular complexity index is 877. The van der Waals surface area contributed by atoms with Gasteiger partial charge in [-0.05, 0) is 80.7 Å². The first-order valence-corrected chi connectivity index (χ1v) is 11.5. The molecule has 1 unspecified atom stereocenters. The number of hydrogen-bond donors (Lipinski definition) is 1. The molecule has 0 bridgehead atoms. The van der Waals surface area contributed by atoms with Gasteiger partial charge in [0.05, 0.1) is 0 Å².